The standard InChI is InChI=1S/C17H21N3O5S/c1-3-5-15-18-16(25-19-15)11(2)24-17(21)12-6-4-7-14(10-12)26(22,23)20-13-8-9-13/h4,6-7,10-11,13,20H,3,5,8-9H2,1-2H3. The van der Waals surface area contributed by atoms with Gasteiger partial charge in [-0.05, 0) is 44.4 Å². The average molecular weight is 379 g/mol. The van der Waals surface area contributed by atoms with Crippen LogP contribution in [0.1, 0.15) is 61.3 Å². The predicted molar refractivity (Wildman–Crippen MR) is 91.9 cm³/mol. The van der Waals surface area contributed by atoms with E-state index in [2.05, 4.69) is 14.9 Å². The van der Waals surface area contributed by atoms with Crippen molar-refractivity contribution in [3.05, 3.63) is 41.5 Å². The van der Waals surface area contributed by atoms with E-state index in [1.165, 1.54) is 24.3 Å². The Balaban J connectivity index is 1.70. The summed E-state index contributed by atoms with van der Waals surface area (Å²) in [6.45, 7) is 3.62. The van der Waals surface area contributed by atoms with Crippen LogP contribution in [0.2, 0.25) is 0 Å². The number of sulfonamides is 1. The molecule has 3 rings (SSSR count). The predicted octanol–water partition coefficient (Wildman–Crippen LogP) is 2.38. The van der Waals surface area contributed by atoms with Gasteiger partial charge in [-0.1, -0.05) is 18.1 Å². The number of carbonyl (C=O) groups excluding carboxylic acids is 1. The summed E-state index contributed by atoms with van der Waals surface area (Å²) >= 11 is 0. The minimum Gasteiger partial charge on any atom is -0.449 e. The first-order valence-corrected chi connectivity index (χ1v) is 10.0. The van der Waals surface area contributed by atoms with Crippen LogP contribution in [0.3, 0.4) is 0 Å². The lowest BCUT2D eigenvalue weighted by molar-refractivity contribution is 0.0265. The maximum absolute atomic E-state index is 12.3. The zero-order valence-electron chi connectivity index (χ0n) is 14.6. The molecule has 1 unspecified atom stereocenters. The molecule has 0 amide bonds. The highest BCUT2D eigenvalue weighted by Crippen LogP contribution is 2.23. The Labute approximate surface area is 152 Å². The molecule has 1 saturated carbocycles. The lowest BCUT2D eigenvalue weighted by atomic mass is 10.2. The van der Waals surface area contributed by atoms with Gasteiger partial charge in [-0.25, -0.2) is 17.9 Å². The summed E-state index contributed by atoms with van der Waals surface area (Å²) in [6, 6.07) is 5.75. The molecular weight excluding hydrogens is 358 g/mol. The van der Waals surface area contributed by atoms with Gasteiger partial charge in [0.2, 0.25) is 10.0 Å². The quantitative estimate of drug-likeness (QED) is 0.701. The highest BCUT2D eigenvalue weighted by atomic mass is 32.2. The van der Waals surface area contributed by atoms with Gasteiger partial charge in [-0.3, -0.25) is 0 Å². The minimum absolute atomic E-state index is 0.00882. The molecule has 0 radical (unpaired) electrons. The Morgan fingerprint density at radius 2 is 2.19 bits per heavy atom. The van der Waals surface area contributed by atoms with E-state index in [4.69, 9.17) is 9.26 Å². The van der Waals surface area contributed by atoms with Gasteiger partial charge >= 0.3 is 5.97 Å². The Kier molecular flexibility index (Phi) is 5.38. The molecule has 1 aliphatic carbocycles. The number of ether oxygens (including phenoxy) is 1. The summed E-state index contributed by atoms with van der Waals surface area (Å²) in [5.74, 6) is 0.113. The molecule has 1 aliphatic rings. The normalized spacial score (nSPS) is 15.6. The van der Waals surface area contributed by atoms with Gasteiger partial charge in [-0.2, -0.15) is 4.98 Å². The summed E-state index contributed by atoms with van der Waals surface area (Å²) in [5, 5.41) is 3.82. The number of hydrogen-bond acceptors (Lipinski definition) is 7. The first-order valence-electron chi connectivity index (χ1n) is 8.55. The maximum atomic E-state index is 12.3. The van der Waals surface area contributed by atoms with E-state index in [0.29, 0.717) is 12.2 Å². The Morgan fingerprint density at radius 3 is 2.88 bits per heavy atom. The van der Waals surface area contributed by atoms with Gasteiger partial charge < -0.3 is 9.26 Å². The van der Waals surface area contributed by atoms with E-state index in [1.54, 1.807) is 6.92 Å². The molecule has 1 atom stereocenters. The second kappa shape index (κ2) is 7.55. The van der Waals surface area contributed by atoms with Gasteiger partial charge in [0.1, 0.15) is 0 Å². The van der Waals surface area contributed by atoms with E-state index in [0.717, 1.165) is 19.3 Å². The lowest BCUT2D eigenvalue weighted by Gasteiger charge is -2.10. The largest absolute Gasteiger partial charge is 0.449 e. The van der Waals surface area contributed by atoms with Crippen molar-refractivity contribution in [1.29, 1.82) is 0 Å². The average Bonchev–Trinajstić information content (AvgIpc) is 3.28. The van der Waals surface area contributed by atoms with Crippen molar-refractivity contribution in [2.45, 2.75) is 56.6 Å². The van der Waals surface area contributed by atoms with E-state index >= 15 is 0 Å². The molecule has 1 aromatic carbocycles. The number of aryl methyl sites for hydroxylation is 1. The molecule has 1 aromatic heterocycles. The SMILES string of the molecule is CCCc1noc(C(C)OC(=O)c2cccc(S(=O)(=O)NC3CC3)c2)n1. The number of hydrogen-bond donors (Lipinski definition) is 1. The summed E-state index contributed by atoms with van der Waals surface area (Å²) in [7, 11) is -3.64. The number of aromatic nitrogens is 2. The van der Waals surface area contributed by atoms with E-state index in [9.17, 15) is 13.2 Å². The summed E-state index contributed by atoms with van der Waals surface area (Å²) in [4.78, 5) is 16.6. The van der Waals surface area contributed by atoms with Crippen LogP contribution < -0.4 is 4.72 Å². The second-order valence-corrected chi connectivity index (χ2v) is 7.98. The zero-order valence-corrected chi connectivity index (χ0v) is 15.5. The van der Waals surface area contributed by atoms with Gasteiger partial charge in [0.15, 0.2) is 11.9 Å². The molecule has 0 aliphatic heterocycles. The molecule has 0 saturated heterocycles. The lowest BCUT2D eigenvalue weighted by Crippen LogP contribution is -2.26. The zero-order chi connectivity index (χ0) is 18.7. The van der Waals surface area contributed by atoms with Crippen LogP contribution in [0.5, 0.6) is 0 Å². The number of esters is 1. The van der Waals surface area contributed by atoms with E-state index in [1.807, 2.05) is 6.92 Å². The van der Waals surface area contributed by atoms with Crippen molar-refractivity contribution < 1.29 is 22.5 Å². The van der Waals surface area contributed by atoms with Crippen molar-refractivity contribution in [1.82, 2.24) is 14.9 Å². The number of carbonyl (C=O) groups is 1. The van der Waals surface area contributed by atoms with Gasteiger partial charge in [-0.15, -0.1) is 0 Å². The molecule has 0 bridgehead atoms. The molecule has 8 nitrogen and oxygen atoms in total. The molecule has 1 N–H and O–H groups in total. The fourth-order valence-electron chi connectivity index (χ4n) is 2.32. The summed E-state index contributed by atoms with van der Waals surface area (Å²) < 4.78 is 37.5. The molecular formula is C17H21N3O5S. The van der Waals surface area contributed by atoms with Gasteiger partial charge in [0.25, 0.3) is 5.89 Å². The number of benzene rings is 1. The smallest absolute Gasteiger partial charge is 0.338 e. The van der Waals surface area contributed by atoms with Crippen LogP contribution in [-0.4, -0.2) is 30.6 Å². The fraction of sp³-hybridized carbons (Fsp3) is 0.471. The first kappa shape index (κ1) is 18.5. The number of nitrogens with one attached hydrogen (secondary N) is 1. The first-order chi connectivity index (χ1) is 12.4. The molecule has 140 valence electrons. The third-order valence-corrected chi connectivity index (χ3v) is 5.39. The van der Waals surface area contributed by atoms with E-state index in [-0.39, 0.29) is 22.4 Å². The van der Waals surface area contributed by atoms with Crippen LogP contribution in [0, 0.1) is 0 Å². The van der Waals surface area contributed by atoms with Crippen LogP contribution in [0.4, 0.5) is 0 Å². The monoisotopic (exact) mass is 379 g/mol. The molecule has 26 heavy (non-hydrogen) atoms. The topological polar surface area (TPSA) is 111 Å². The fourth-order valence-corrected chi connectivity index (χ4v) is 3.67. The van der Waals surface area contributed by atoms with Crippen molar-refractivity contribution in [3.63, 3.8) is 0 Å². The van der Waals surface area contributed by atoms with Crippen LogP contribution in [0.15, 0.2) is 33.7 Å². The number of nitrogens with zero attached hydrogens (tertiary/aromatic N) is 2. The summed E-state index contributed by atoms with van der Waals surface area (Å²) in [5.41, 5.74) is 0.142. The second-order valence-electron chi connectivity index (χ2n) is 6.27. The maximum Gasteiger partial charge on any atom is 0.338 e. The molecule has 1 heterocycles. The minimum atomic E-state index is -3.64. The Morgan fingerprint density at radius 1 is 1.42 bits per heavy atom. The highest BCUT2D eigenvalue weighted by Gasteiger charge is 2.28. The third kappa shape index (κ3) is 4.47. The van der Waals surface area contributed by atoms with Crippen LogP contribution in [0.25, 0.3) is 0 Å². The third-order valence-electron chi connectivity index (χ3n) is 3.87. The van der Waals surface area contributed by atoms with Crippen LogP contribution >= 0.6 is 0 Å². The molecule has 9 heteroatoms. The molecule has 2 aromatic rings. The Bertz CT molecular complexity index is 889. The van der Waals surface area contributed by atoms with Crippen molar-refractivity contribution >= 4 is 16.0 Å². The van der Waals surface area contributed by atoms with Crippen molar-refractivity contribution in [2.24, 2.45) is 0 Å². The molecule has 0 spiro atoms. The van der Waals surface area contributed by atoms with Crippen LogP contribution in [-0.2, 0) is 21.2 Å². The molecule has 1 fully saturated rings. The van der Waals surface area contributed by atoms with Gasteiger partial charge in [0.05, 0.1) is 10.5 Å². The van der Waals surface area contributed by atoms with Crippen molar-refractivity contribution in [3.8, 4) is 0 Å². The van der Waals surface area contributed by atoms with E-state index < -0.39 is 22.1 Å². The number of rotatable bonds is 8. The van der Waals surface area contributed by atoms with Gasteiger partial charge in [0, 0.05) is 12.5 Å². The Hall–Kier alpha value is -2.26. The van der Waals surface area contributed by atoms with Crippen molar-refractivity contribution in [2.75, 3.05) is 0 Å². The highest BCUT2D eigenvalue weighted by molar-refractivity contribution is 7.89. The summed E-state index contributed by atoms with van der Waals surface area (Å²) in [6.07, 6.45) is 2.50.